The van der Waals surface area contributed by atoms with Gasteiger partial charge in [-0.2, -0.15) is 9.03 Å². The topological polar surface area (TPSA) is 95.8 Å². The molecule has 0 radical (unpaired) electrons. The van der Waals surface area contributed by atoms with Gasteiger partial charge in [0.1, 0.15) is 0 Å². The molecule has 0 spiro atoms. The summed E-state index contributed by atoms with van der Waals surface area (Å²) in [4.78, 5) is 0. The molecule has 8 nitrogen and oxygen atoms in total. The number of aryl methyl sites for hydroxylation is 1. The highest BCUT2D eigenvalue weighted by Crippen LogP contribution is 2.76. The Labute approximate surface area is 321 Å². The molecule has 0 aliphatic carbocycles. The number of rotatable bonds is 18. The average molecular weight is 803 g/mol. The van der Waals surface area contributed by atoms with Crippen LogP contribution in [0.25, 0.3) is 6.08 Å². The van der Waals surface area contributed by atoms with Crippen LogP contribution in [0.4, 0.5) is 0 Å². The minimum absolute atomic E-state index is 0.111. The van der Waals surface area contributed by atoms with E-state index in [0.717, 1.165) is 32.3 Å². The van der Waals surface area contributed by atoms with E-state index in [1.807, 2.05) is 121 Å². The van der Waals surface area contributed by atoms with E-state index >= 15 is 9.13 Å². The van der Waals surface area contributed by atoms with Gasteiger partial charge in [-0.15, -0.1) is 0 Å². The van der Waals surface area contributed by atoms with Crippen LogP contribution in [0.1, 0.15) is 38.8 Å². The Balaban J connectivity index is 2.17. The minimum atomic E-state index is -4.17. The molecule has 5 aromatic rings. The van der Waals surface area contributed by atoms with Crippen molar-refractivity contribution in [1.82, 2.24) is 0 Å². The summed E-state index contributed by atoms with van der Waals surface area (Å²) in [6.07, 6.45) is 4.19. The van der Waals surface area contributed by atoms with Gasteiger partial charge in [-0.3, -0.25) is 18.1 Å². The molecule has 0 aliphatic rings. The fraction of sp³-hybridized carbons (Fsp3) is 0.238. The maximum absolute atomic E-state index is 15.2. The van der Waals surface area contributed by atoms with Gasteiger partial charge < -0.3 is 0 Å². The molecule has 5 rings (SSSR count). The predicted octanol–water partition coefficient (Wildman–Crippen LogP) is 11.4. The Hall–Kier alpha value is -3.40. The monoisotopic (exact) mass is 802 g/mol. The van der Waals surface area contributed by atoms with Crippen LogP contribution in [0.2, 0.25) is 0 Å². The number of benzene rings is 5. The van der Waals surface area contributed by atoms with Gasteiger partial charge in [0, 0.05) is 0 Å². The molecule has 5 aromatic carbocycles. The quantitative estimate of drug-likeness (QED) is 0.0819. The molecule has 0 saturated heterocycles. The van der Waals surface area contributed by atoms with Crippen LogP contribution in [-0.2, 0) is 27.2 Å². The largest absolute Gasteiger partial charge is 0.453 e. The second-order valence-electron chi connectivity index (χ2n) is 12.2. The second kappa shape index (κ2) is 19.5. The Morgan fingerprint density at radius 3 is 1.06 bits per heavy atom. The Bertz CT molecular complexity index is 1930. The van der Waals surface area contributed by atoms with Gasteiger partial charge >= 0.3 is 15.5 Å². The predicted molar refractivity (Wildman–Crippen MR) is 229 cm³/mol. The van der Waals surface area contributed by atoms with Gasteiger partial charge in [0.2, 0.25) is 0 Å². The lowest BCUT2D eigenvalue weighted by atomic mass is 10.1. The van der Waals surface area contributed by atoms with Crippen molar-refractivity contribution >= 4 is 56.9 Å². The molecule has 0 aliphatic heterocycles. The molecular formula is C42H50N2O6P4. The van der Waals surface area contributed by atoms with Gasteiger partial charge in [-0.05, 0) is 61.4 Å². The lowest BCUT2D eigenvalue weighted by Gasteiger charge is -2.42. The van der Waals surface area contributed by atoms with Crippen LogP contribution in [-0.4, -0.2) is 31.8 Å². The standard InChI is InChI=1S/C42H50N2O6P4/c1-6-47-53(45,48-7-2)43-51(38-22-14-10-15-23-38,39-24-16-11-17-25-39)42(35-34-37-32-30-36(5)31-33-37)52(40-26-18-12-19-27-40,41-28-20-13-21-29-41)44-54(46,49-8-3)50-9-4/h10-35,42H,6-9H2,1-5H3/b35-34+. The summed E-state index contributed by atoms with van der Waals surface area (Å²) in [5, 5.41) is 2.57. The average Bonchev–Trinajstić information content (AvgIpc) is 3.19. The van der Waals surface area contributed by atoms with E-state index < -0.39 is 35.0 Å². The number of hydrogen-bond acceptors (Lipinski definition) is 6. The van der Waals surface area contributed by atoms with Crippen molar-refractivity contribution < 1.29 is 27.2 Å². The van der Waals surface area contributed by atoms with Crippen LogP contribution >= 0.6 is 29.6 Å². The molecule has 0 bridgehead atoms. The van der Waals surface area contributed by atoms with Crippen molar-refractivity contribution in [3.63, 3.8) is 0 Å². The number of nitrogens with zero attached hydrogens (tertiary/aromatic N) is 2. The molecule has 12 heteroatoms. The highest BCUT2D eigenvalue weighted by molar-refractivity contribution is 7.99. The van der Waals surface area contributed by atoms with Crippen LogP contribution < -0.4 is 21.2 Å². The van der Waals surface area contributed by atoms with Gasteiger partial charge in [0.25, 0.3) is 0 Å². The van der Waals surface area contributed by atoms with E-state index in [0.29, 0.717) is 0 Å². The Morgan fingerprint density at radius 1 is 0.481 bits per heavy atom. The van der Waals surface area contributed by atoms with Crippen LogP contribution in [0.5, 0.6) is 0 Å². The van der Waals surface area contributed by atoms with Gasteiger partial charge in [0.15, 0.2) is 0 Å². The van der Waals surface area contributed by atoms with Crippen LogP contribution in [0.15, 0.2) is 161 Å². The van der Waals surface area contributed by atoms with Gasteiger partial charge in [-0.25, -0.2) is 9.13 Å². The maximum atomic E-state index is 15.2. The third-order valence-corrected chi connectivity index (χ3v) is 23.1. The fourth-order valence-corrected chi connectivity index (χ4v) is 23.3. The highest BCUT2D eigenvalue weighted by atomic mass is 31.3. The third-order valence-electron chi connectivity index (χ3n) is 8.57. The zero-order valence-electron chi connectivity index (χ0n) is 31.5. The van der Waals surface area contributed by atoms with Crippen LogP contribution in [0.3, 0.4) is 0 Å². The molecular weight excluding hydrogens is 752 g/mol. The fourth-order valence-electron chi connectivity index (χ4n) is 6.38. The van der Waals surface area contributed by atoms with Crippen molar-refractivity contribution in [2.75, 3.05) is 26.4 Å². The molecule has 284 valence electrons. The summed E-state index contributed by atoms with van der Waals surface area (Å²) in [6, 6.07) is 47.9. The zero-order valence-corrected chi connectivity index (χ0v) is 35.1. The maximum Gasteiger partial charge on any atom is 0.453 e. The first-order valence-corrected chi connectivity index (χ1v) is 24.8. The van der Waals surface area contributed by atoms with E-state index in [4.69, 9.17) is 27.1 Å². The van der Waals surface area contributed by atoms with Crippen molar-refractivity contribution in [1.29, 1.82) is 0 Å². The van der Waals surface area contributed by atoms with Crippen molar-refractivity contribution in [2.24, 2.45) is 9.03 Å². The van der Waals surface area contributed by atoms with Crippen molar-refractivity contribution in [3.8, 4) is 0 Å². The SMILES string of the molecule is CCOP(=O)(N=P(c1ccccc1)(c1ccccc1)C(/C=C/c1ccc(C)cc1)P(=NP(=O)(OCC)OCC)(c1ccccc1)c1ccccc1)OCC. The van der Waals surface area contributed by atoms with Crippen molar-refractivity contribution in [2.45, 2.75) is 40.0 Å². The minimum Gasteiger partial charge on any atom is -0.291 e. The molecule has 0 atom stereocenters. The van der Waals surface area contributed by atoms with Crippen LogP contribution in [0, 0.1) is 6.92 Å². The Morgan fingerprint density at radius 2 is 0.778 bits per heavy atom. The number of hydrogen-bond donors (Lipinski definition) is 0. The molecule has 0 N–H and O–H groups in total. The van der Waals surface area contributed by atoms with Gasteiger partial charge in [-0.1, -0.05) is 163 Å². The zero-order chi connectivity index (χ0) is 38.5. The van der Waals surface area contributed by atoms with E-state index in [1.54, 1.807) is 27.7 Å². The highest BCUT2D eigenvalue weighted by Gasteiger charge is 2.49. The first-order chi connectivity index (χ1) is 26.2. The molecule has 0 saturated carbocycles. The Kier molecular flexibility index (Phi) is 15.0. The second-order valence-corrected chi connectivity index (χ2v) is 22.8. The molecule has 54 heavy (non-hydrogen) atoms. The molecule has 0 unspecified atom stereocenters. The van der Waals surface area contributed by atoms with E-state index in [1.165, 1.54) is 0 Å². The third kappa shape index (κ3) is 9.51. The summed E-state index contributed by atoms with van der Waals surface area (Å²) < 4.78 is 65.5. The van der Waals surface area contributed by atoms with E-state index in [2.05, 4.69) is 43.3 Å². The summed E-state index contributed by atoms with van der Waals surface area (Å²) in [7, 11) is -15.3. The lowest BCUT2D eigenvalue weighted by Crippen LogP contribution is -2.32. The van der Waals surface area contributed by atoms with E-state index in [-0.39, 0.29) is 26.4 Å². The number of allylic oxidation sites excluding steroid dienone is 1. The van der Waals surface area contributed by atoms with E-state index in [9.17, 15) is 0 Å². The smallest absolute Gasteiger partial charge is 0.291 e. The summed E-state index contributed by atoms with van der Waals surface area (Å²) in [5.74, 6) is 0. The first-order valence-electron chi connectivity index (χ1n) is 18.2. The van der Waals surface area contributed by atoms with Gasteiger partial charge in [0.05, 0.1) is 45.9 Å². The normalized spacial score (nSPS) is 12.6. The first kappa shape index (κ1) is 41.8. The molecule has 0 amide bonds. The molecule has 0 aromatic heterocycles. The molecule has 0 heterocycles. The lowest BCUT2D eigenvalue weighted by molar-refractivity contribution is 0.220. The van der Waals surface area contributed by atoms with Crippen molar-refractivity contribution in [3.05, 3.63) is 163 Å². The molecule has 0 fully saturated rings. The summed E-state index contributed by atoms with van der Waals surface area (Å²) in [5.41, 5.74) is 2.07. The summed E-state index contributed by atoms with van der Waals surface area (Å²) >= 11 is 0. The summed E-state index contributed by atoms with van der Waals surface area (Å²) in [6.45, 7) is 9.61.